The Hall–Kier alpha value is -3.44. The van der Waals surface area contributed by atoms with Crippen LogP contribution >= 0.6 is 0 Å². The molecule has 4 nitrogen and oxygen atoms in total. The molecule has 1 saturated heterocycles. The summed E-state index contributed by atoms with van der Waals surface area (Å²) in [6, 6.07) is 16.6. The van der Waals surface area contributed by atoms with Crippen LogP contribution in [0.15, 0.2) is 54.7 Å². The van der Waals surface area contributed by atoms with E-state index >= 15 is 0 Å². The number of carbonyl (C=O) groups is 1. The standard InChI is InChI=1S/C25H22FN3O/c1-24(2,3)23(30)21-20(17-8-6-9-18(26)13-17)25(14-27,15-28)22-19-10-5-4-7-16(19)11-12-29(21)22/h4-13,20-22H,1-3H3/t20-,21-,22+/m0/s1. The molecule has 4 rings (SSSR count). The monoisotopic (exact) mass is 399 g/mol. The molecule has 5 heteroatoms. The van der Waals surface area contributed by atoms with Gasteiger partial charge in [-0.2, -0.15) is 10.5 Å². The molecule has 0 unspecified atom stereocenters. The normalized spacial score (nSPS) is 23.8. The Balaban J connectivity index is 2.03. The van der Waals surface area contributed by atoms with Crippen LogP contribution in [-0.4, -0.2) is 16.7 Å². The molecule has 30 heavy (non-hydrogen) atoms. The van der Waals surface area contributed by atoms with Gasteiger partial charge in [0.15, 0.2) is 11.2 Å². The number of hydrogen-bond donors (Lipinski definition) is 0. The molecule has 2 aliphatic rings. The third-order valence-corrected chi connectivity index (χ3v) is 6.16. The van der Waals surface area contributed by atoms with Crippen molar-refractivity contribution in [2.45, 2.75) is 38.8 Å². The van der Waals surface area contributed by atoms with Gasteiger partial charge in [-0.05, 0) is 34.9 Å². The van der Waals surface area contributed by atoms with Crippen LogP contribution in [0.5, 0.6) is 0 Å². The zero-order valence-corrected chi connectivity index (χ0v) is 17.1. The summed E-state index contributed by atoms with van der Waals surface area (Å²) in [5.41, 5.74) is -0.0301. The second kappa shape index (κ2) is 6.82. The van der Waals surface area contributed by atoms with Gasteiger partial charge in [0.25, 0.3) is 0 Å². The van der Waals surface area contributed by atoms with E-state index < -0.39 is 34.6 Å². The second-order valence-electron chi connectivity index (χ2n) is 8.98. The SMILES string of the molecule is CC(C)(C)C(=O)[C@@H]1[C@H](c2cccc(F)c2)C(C#N)(C#N)[C@H]2c3ccccc3C=CN12. The molecule has 2 heterocycles. The lowest BCUT2D eigenvalue weighted by Gasteiger charge is -2.36. The van der Waals surface area contributed by atoms with Crippen molar-refractivity contribution in [3.05, 3.63) is 77.2 Å². The molecule has 1 fully saturated rings. The molecule has 2 aromatic rings. The number of halogens is 1. The minimum Gasteiger partial charge on any atom is -0.357 e. The van der Waals surface area contributed by atoms with Gasteiger partial charge in [0.05, 0.1) is 24.2 Å². The van der Waals surface area contributed by atoms with E-state index in [1.54, 1.807) is 12.1 Å². The van der Waals surface area contributed by atoms with Gasteiger partial charge >= 0.3 is 0 Å². The second-order valence-corrected chi connectivity index (χ2v) is 8.98. The van der Waals surface area contributed by atoms with Gasteiger partial charge in [-0.15, -0.1) is 0 Å². The molecule has 0 amide bonds. The quantitative estimate of drug-likeness (QED) is 0.715. The maximum Gasteiger partial charge on any atom is 0.177 e. The number of fused-ring (bicyclic) bond motifs is 3. The highest BCUT2D eigenvalue weighted by molar-refractivity contribution is 5.91. The van der Waals surface area contributed by atoms with E-state index in [2.05, 4.69) is 12.1 Å². The molecular formula is C25H22FN3O. The Morgan fingerprint density at radius 3 is 2.43 bits per heavy atom. The third-order valence-electron chi connectivity index (χ3n) is 6.16. The summed E-state index contributed by atoms with van der Waals surface area (Å²) in [5, 5.41) is 20.7. The molecule has 2 aliphatic heterocycles. The lowest BCUT2D eigenvalue weighted by atomic mass is 9.66. The van der Waals surface area contributed by atoms with Gasteiger partial charge in [-0.3, -0.25) is 4.79 Å². The minimum absolute atomic E-state index is 0.0850. The Bertz CT molecular complexity index is 1120. The van der Waals surface area contributed by atoms with Crippen LogP contribution in [-0.2, 0) is 4.79 Å². The van der Waals surface area contributed by atoms with Crippen molar-refractivity contribution in [2.75, 3.05) is 0 Å². The highest BCUT2D eigenvalue weighted by Crippen LogP contribution is 2.60. The Kier molecular flexibility index (Phi) is 4.51. The van der Waals surface area contributed by atoms with Crippen molar-refractivity contribution in [3.63, 3.8) is 0 Å². The summed E-state index contributed by atoms with van der Waals surface area (Å²) < 4.78 is 14.2. The number of Topliss-reactive ketones (excluding diaryl/α,β-unsaturated/α-hetero) is 1. The number of benzene rings is 2. The van der Waals surface area contributed by atoms with Crippen LogP contribution < -0.4 is 0 Å². The Morgan fingerprint density at radius 1 is 1.10 bits per heavy atom. The van der Waals surface area contributed by atoms with Gasteiger partial charge in [0.1, 0.15) is 5.82 Å². The van der Waals surface area contributed by atoms with E-state index in [1.807, 2.05) is 62.2 Å². The molecule has 0 aromatic heterocycles. The summed E-state index contributed by atoms with van der Waals surface area (Å²) in [4.78, 5) is 15.5. The lowest BCUT2D eigenvalue weighted by molar-refractivity contribution is -0.130. The van der Waals surface area contributed by atoms with E-state index in [4.69, 9.17) is 0 Å². The summed E-state index contributed by atoms with van der Waals surface area (Å²) in [7, 11) is 0. The largest absolute Gasteiger partial charge is 0.357 e. The van der Waals surface area contributed by atoms with E-state index in [0.717, 1.165) is 11.1 Å². The smallest absolute Gasteiger partial charge is 0.177 e. The fourth-order valence-corrected chi connectivity index (χ4v) is 4.81. The molecule has 0 bridgehead atoms. The van der Waals surface area contributed by atoms with Crippen LogP contribution in [0.25, 0.3) is 6.08 Å². The molecular weight excluding hydrogens is 377 g/mol. The first-order valence-electron chi connectivity index (χ1n) is 9.91. The zero-order valence-electron chi connectivity index (χ0n) is 17.1. The van der Waals surface area contributed by atoms with Crippen molar-refractivity contribution in [3.8, 4) is 12.1 Å². The molecule has 2 aromatic carbocycles. The maximum absolute atomic E-state index is 14.2. The van der Waals surface area contributed by atoms with Crippen molar-refractivity contribution < 1.29 is 9.18 Å². The molecule has 0 radical (unpaired) electrons. The average Bonchev–Trinajstić information content (AvgIpc) is 3.03. The van der Waals surface area contributed by atoms with E-state index in [9.17, 15) is 19.7 Å². The molecule has 0 saturated carbocycles. The fraction of sp³-hybridized carbons (Fsp3) is 0.320. The number of carbonyl (C=O) groups excluding carboxylic acids is 1. The number of nitrogens with zero attached hydrogens (tertiary/aromatic N) is 3. The van der Waals surface area contributed by atoms with Crippen molar-refractivity contribution in [2.24, 2.45) is 10.8 Å². The van der Waals surface area contributed by atoms with E-state index in [1.165, 1.54) is 12.1 Å². The van der Waals surface area contributed by atoms with Gasteiger partial charge in [-0.1, -0.05) is 57.2 Å². The maximum atomic E-state index is 14.2. The number of rotatable bonds is 2. The van der Waals surface area contributed by atoms with Crippen molar-refractivity contribution in [1.82, 2.24) is 4.90 Å². The van der Waals surface area contributed by atoms with Gasteiger partial charge < -0.3 is 4.90 Å². The van der Waals surface area contributed by atoms with Crippen molar-refractivity contribution in [1.29, 1.82) is 10.5 Å². The summed E-state index contributed by atoms with van der Waals surface area (Å²) in [6.45, 7) is 5.48. The van der Waals surface area contributed by atoms with Crippen LogP contribution in [0, 0.1) is 39.3 Å². The highest BCUT2D eigenvalue weighted by atomic mass is 19.1. The number of hydrogen-bond acceptors (Lipinski definition) is 4. The zero-order chi connectivity index (χ0) is 21.7. The van der Waals surface area contributed by atoms with Gasteiger partial charge in [0.2, 0.25) is 0 Å². The molecule has 0 N–H and O–H groups in total. The number of nitriles is 2. The first-order chi connectivity index (χ1) is 14.2. The fourth-order valence-electron chi connectivity index (χ4n) is 4.81. The summed E-state index contributed by atoms with van der Waals surface area (Å²) in [6.07, 6.45) is 3.71. The first-order valence-corrected chi connectivity index (χ1v) is 9.91. The van der Waals surface area contributed by atoms with Crippen molar-refractivity contribution >= 4 is 11.9 Å². The molecule has 0 spiro atoms. The minimum atomic E-state index is -1.56. The Morgan fingerprint density at radius 2 is 1.80 bits per heavy atom. The molecule has 3 atom stereocenters. The predicted molar refractivity (Wildman–Crippen MR) is 111 cm³/mol. The van der Waals surface area contributed by atoms with E-state index in [-0.39, 0.29) is 5.78 Å². The topological polar surface area (TPSA) is 67.9 Å². The van der Waals surface area contributed by atoms with Gasteiger partial charge in [0, 0.05) is 17.5 Å². The predicted octanol–water partition coefficient (Wildman–Crippen LogP) is 4.97. The number of ketones is 1. The third kappa shape index (κ3) is 2.74. The van der Waals surface area contributed by atoms with Gasteiger partial charge in [-0.25, -0.2) is 4.39 Å². The first kappa shape index (κ1) is 19.9. The molecule has 0 aliphatic carbocycles. The molecule has 150 valence electrons. The van der Waals surface area contributed by atoms with Crippen LogP contribution in [0.4, 0.5) is 4.39 Å². The lowest BCUT2D eigenvalue weighted by Crippen LogP contribution is -2.43. The summed E-state index contributed by atoms with van der Waals surface area (Å²) in [5.74, 6) is -1.34. The van der Waals surface area contributed by atoms with Crippen LogP contribution in [0.1, 0.15) is 49.4 Å². The van der Waals surface area contributed by atoms with Crippen LogP contribution in [0.3, 0.4) is 0 Å². The summed E-state index contributed by atoms with van der Waals surface area (Å²) >= 11 is 0. The Labute approximate surface area is 175 Å². The van der Waals surface area contributed by atoms with Crippen LogP contribution in [0.2, 0.25) is 0 Å². The van der Waals surface area contributed by atoms with E-state index in [0.29, 0.717) is 5.56 Å². The highest BCUT2D eigenvalue weighted by Gasteiger charge is 2.64. The average molecular weight is 399 g/mol.